The van der Waals surface area contributed by atoms with Crippen LogP contribution in [0.15, 0.2) is 22.7 Å². The molecule has 3 heteroatoms. The zero-order valence-electron chi connectivity index (χ0n) is 6.71. The van der Waals surface area contributed by atoms with E-state index >= 15 is 0 Å². The summed E-state index contributed by atoms with van der Waals surface area (Å²) in [4.78, 5) is 0. The van der Waals surface area contributed by atoms with Crippen LogP contribution >= 0.6 is 15.9 Å². The van der Waals surface area contributed by atoms with E-state index in [1.54, 1.807) is 7.11 Å². The van der Waals surface area contributed by atoms with Crippen molar-refractivity contribution in [3.8, 4) is 5.75 Å². The van der Waals surface area contributed by atoms with Crippen molar-refractivity contribution in [2.24, 2.45) is 0 Å². The minimum Gasteiger partial charge on any atom is -0.497 e. The molecule has 0 saturated carbocycles. The van der Waals surface area contributed by atoms with Crippen LogP contribution in [0.5, 0.6) is 5.75 Å². The minimum atomic E-state index is 0.297. The number of hydrogen-bond donors (Lipinski definition) is 0. The van der Waals surface area contributed by atoms with Gasteiger partial charge in [0.15, 0.2) is 0 Å². The topological polar surface area (TPSA) is 21.8 Å². The van der Waals surface area contributed by atoms with E-state index in [4.69, 9.17) is 9.47 Å². The van der Waals surface area contributed by atoms with Gasteiger partial charge in [-0.1, -0.05) is 22.0 Å². The second-order valence-electron chi connectivity index (χ2n) is 2.71. The summed E-state index contributed by atoms with van der Waals surface area (Å²) in [6.07, 6.45) is 0.297. The van der Waals surface area contributed by atoms with E-state index in [1.165, 1.54) is 5.56 Å². The summed E-state index contributed by atoms with van der Waals surface area (Å²) in [6.45, 7) is 0.838. The molecule has 12 heavy (non-hydrogen) atoms. The van der Waals surface area contributed by atoms with E-state index in [9.17, 15) is 0 Å². The molecule has 1 aromatic rings. The van der Waals surface area contributed by atoms with Crippen molar-refractivity contribution < 1.29 is 9.47 Å². The molecule has 2 nitrogen and oxygen atoms in total. The molecule has 2 rings (SSSR count). The molecular weight excluding hydrogens is 220 g/mol. The van der Waals surface area contributed by atoms with Gasteiger partial charge in [-0.15, -0.1) is 0 Å². The summed E-state index contributed by atoms with van der Waals surface area (Å²) < 4.78 is 11.3. The zero-order valence-corrected chi connectivity index (χ0v) is 8.30. The maximum atomic E-state index is 5.18. The van der Waals surface area contributed by atoms with Crippen molar-refractivity contribution in [3.63, 3.8) is 0 Å². The Balaban J connectivity index is 2.32. The van der Waals surface area contributed by atoms with Crippen LogP contribution in [0, 0.1) is 0 Å². The maximum Gasteiger partial charge on any atom is 0.120 e. The third-order valence-electron chi connectivity index (χ3n) is 1.89. The van der Waals surface area contributed by atoms with Crippen molar-refractivity contribution in [3.05, 3.63) is 28.2 Å². The van der Waals surface area contributed by atoms with Gasteiger partial charge in [0.05, 0.1) is 13.7 Å². The van der Waals surface area contributed by atoms with Crippen LogP contribution in [0.4, 0.5) is 0 Å². The number of methoxy groups -OCH3 is 1. The lowest BCUT2D eigenvalue weighted by molar-refractivity contribution is 0.408. The Morgan fingerprint density at radius 3 is 2.83 bits per heavy atom. The van der Waals surface area contributed by atoms with Gasteiger partial charge in [-0.2, -0.15) is 0 Å². The molecule has 1 aromatic carbocycles. The molecule has 1 unspecified atom stereocenters. The Morgan fingerprint density at radius 2 is 2.33 bits per heavy atom. The third-order valence-corrected chi connectivity index (χ3v) is 2.57. The highest BCUT2D eigenvalue weighted by Gasteiger charge is 2.26. The van der Waals surface area contributed by atoms with Crippen molar-refractivity contribution in [2.75, 3.05) is 13.7 Å². The highest BCUT2D eigenvalue weighted by atomic mass is 79.9. The molecule has 0 N–H and O–H groups in total. The van der Waals surface area contributed by atoms with Gasteiger partial charge in [-0.3, -0.25) is 0 Å². The Labute approximate surface area is 79.6 Å². The number of rotatable bonds is 2. The predicted octanol–water partition coefficient (Wildman–Crippen LogP) is 2.53. The van der Waals surface area contributed by atoms with Crippen LogP contribution in [0.1, 0.15) is 11.7 Å². The largest absolute Gasteiger partial charge is 0.497 e. The van der Waals surface area contributed by atoms with E-state index < -0.39 is 0 Å². The first kappa shape index (κ1) is 8.08. The average molecular weight is 229 g/mol. The Bertz CT molecular complexity index is 295. The second-order valence-corrected chi connectivity index (χ2v) is 3.56. The lowest BCUT2D eigenvalue weighted by atomic mass is 10.1. The van der Waals surface area contributed by atoms with Gasteiger partial charge in [-0.25, -0.2) is 0 Å². The van der Waals surface area contributed by atoms with Gasteiger partial charge < -0.3 is 9.47 Å². The van der Waals surface area contributed by atoms with Crippen LogP contribution in [0.25, 0.3) is 0 Å². The highest BCUT2D eigenvalue weighted by Crippen LogP contribution is 2.36. The van der Waals surface area contributed by atoms with Gasteiger partial charge in [-0.05, 0) is 17.7 Å². The van der Waals surface area contributed by atoms with Gasteiger partial charge in [0, 0.05) is 4.47 Å². The molecule has 1 aliphatic rings. The maximum absolute atomic E-state index is 5.18. The summed E-state index contributed by atoms with van der Waals surface area (Å²) in [7, 11) is 1.66. The fourth-order valence-corrected chi connectivity index (χ4v) is 1.74. The van der Waals surface area contributed by atoms with Crippen molar-refractivity contribution in [1.29, 1.82) is 0 Å². The van der Waals surface area contributed by atoms with Gasteiger partial charge in [0.2, 0.25) is 0 Å². The minimum absolute atomic E-state index is 0.297. The van der Waals surface area contributed by atoms with Crippen LogP contribution in [-0.2, 0) is 4.74 Å². The number of benzene rings is 1. The number of halogens is 1. The van der Waals surface area contributed by atoms with Crippen molar-refractivity contribution in [2.45, 2.75) is 6.10 Å². The molecule has 0 aromatic heterocycles. The molecule has 1 atom stereocenters. The van der Waals surface area contributed by atoms with E-state index in [2.05, 4.69) is 15.9 Å². The number of hydrogen-bond acceptors (Lipinski definition) is 2. The second kappa shape index (κ2) is 3.07. The van der Waals surface area contributed by atoms with Gasteiger partial charge in [0.1, 0.15) is 11.9 Å². The predicted molar refractivity (Wildman–Crippen MR) is 49.4 cm³/mol. The molecule has 0 bridgehead atoms. The fourth-order valence-electron chi connectivity index (χ4n) is 1.12. The molecule has 0 aliphatic carbocycles. The third kappa shape index (κ3) is 1.47. The summed E-state index contributed by atoms with van der Waals surface area (Å²) in [6, 6.07) is 5.93. The Hall–Kier alpha value is -0.540. The lowest BCUT2D eigenvalue weighted by Gasteiger charge is -2.03. The first-order valence-corrected chi connectivity index (χ1v) is 4.55. The monoisotopic (exact) mass is 228 g/mol. The van der Waals surface area contributed by atoms with E-state index in [1.807, 2.05) is 18.2 Å². The van der Waals surface area contributed by atoms with E-state index in [0.717, 1.165) is 16.8 Å². The summed E-state index contributed by atoms with van der Waals surface area (Å²) in [5.41, 5.74) is 1.20. The average Bonchev–Trinajstić information content (AvgIpc) is 2.87. The van der Waals surface area contributed by atoms with Crippen LogP contribution in [0.3, 0.4) is 0 Å². The smallest absolute Gasteiger partial charge is 0.120 e. The molecule has 1 heterocycles. The Kier molecular flexibility index (Phi) is 2.07. The van der Waals surface area contributed by atoms with E-state index in [-0.39, 0.29) is 0 Å². The van der Waals surface area contributed by atoms with Gasteiger partial charge in [0.25, 0.3) is 0 Å². The quantitative estimate of drug-likeness (QED) is 0.727. The molecule has 64 valence electrons. The standard InChI is InChI=1S/C9H9BrO2/c1-11-6-2-3-7(8(10)4-6)9-5-12-9/h2-4,9H,5H2,1H3. The number of epoxide rings is 1. The van der Waals surface area contributed by atoms with Crippen molar-refractivity contribution in [1.82, 2.24) is 0 Å². The van der Waals surface area contributed by atoms with Crippen molar-refractivity contribution >= 4 is 15.9 Å². The van der Waals surface area contributed by atoms with Crippen LogP contribution in [-0.4, -0.2) is 13.7 Å². The SMILES string of the molecule is COc1ccc(C2CO2)c(Br)c1. The normalized spacial score (nSPS) is 20.7. The number of ether oxygens (including phenoxy) is 2. The van der Waals surface area contributed by atoms with E-state index in [0.29, 0.717) is 6.10 Å². The first-order chi connectivity index (χ1) is 5.81. The van der Waals surface area contributed by atoms with Crippen LogP contribution < -0.4 is 4.74 Å². The Morgan fingerprint density at radius 1 is 1.58 bits per heavy atom. The summed E-state index contributed by atoms with van der Waals surface area (Å²) in [5.74, 6) is 0.867. The molecule has 1 saturated heterocycles. The summed E-state index contributed by atoms with van der Waals surface area (Å²) >= 11 is 3.47. The first-order valence-electron chi connectivity index (χ1n) is 3.76. The molecule has 0 spiro atoms. The molecule has 1 fully saturated rings. The van der Waals surface area contributed by atoms with Gasteiger partial charge >= 0.3 is 0 Å². The zero-order chi connectivity index (χ0) is 8.55. The summed E-state index contributed by atoms with van der Waals surface area (Å²) in [5, 5.41) is 0. The molecular formula is C9H9BrO2. The fraction of sp³-hybridized carbons (Fsp3) is 0.333. The molecule has 1 aliphatic heterocycles. The highest BCUT2D eigenvalue weighted by molar-refractivity contribution is 9.10. The van der Waals surface area contributed by atoms with Crippen LogP contribution in [0.2, 0.25) is 0 Å². The molecule has 0 radical (unpaired) electrons. The molecule has 0 amide bonds. The lowest BCUT2D eigenvalue weighted by Crippen LogP contribution is -1.86.